The number of benzene rings is 1. The van der Waals surface area contributed by atoms with Gasteiger partial charge in [-0.3, -0.25) is 0 Å². The quantitative estimate of drug-likeness (QED) is 0.574. The normalized spacial score (nSPS) is 11.6. The van der Waals surface area contributed by atoms with E-state index in [4.69, 9.17) is 9.47 Å². The van der Waals surface area contributed by atoms with Gasteiger partial charge in [0.15, 0.2) is 0 Å². The molecule has 2 aromatic rings. The molecule has 0 spiro atoms. The number of aromatic nitrogens is 1. The third kappa shape index (κ3) is 7.57. The Morgan fingerprint density at radius 1 is 1.15 bits per heavy atom. The monoisotopic (exact) mass is 372 g/mol. The molecule has 1 aromatic heterocycles. The summed E-state index contributed by atoms with van der Waals surface area (Å²) in [4.78, 5) is 4.39. The van der Waals surface area contributed by atoms with Gasteiger partial charge in [-0.1, -0.05) is 44.2 Å². The van der Waals surface area contributed by atoms with Crippen LogP contribution in [0.1, 0.15) is 45.2 Å². The lowest BCUT2D eigenvalue weighted by Crippen LogP contribution is -2.19. The van der Waals surface area contributed by atoms with Crippen LogP contribution >= 0.6 is 0 Å². The Labute approximate surface area is 162 Å². The highest BCUT2D eigenvalue weighted by Crippen LogP contribution is 2.31. The Morgan fingerprint density at radius 3 is 2.56 bits per heavy atom. The minimum absolute atomic E-state index is 0.519. The first-order valence-corrected chi connectivity index (χ1v) is 9.57. The lowest BCUT2D eigenvalue weighted by atomic mass is 9.99. The summed E-state index contributed by atoms with van der Waals surface area (Å²) < 4.78 is 11.6. The van der Waals surface area contributed by atoms with E-state index in [-0.39, 0.29) is 0 Å². The van der Waals surface area contributed by atoms with Crippen LogP contribution in [0.4, 0.5) is 5.82 Å². The molecule has 2 rings (SSSR count). The van der Waals surface area contributed by atoms with Gasteiger partial charge in [-0.15, -0.1) is 0 Å². The molecule has 5 nitrogen and oxygen atoms in total. The topological polar surface area (TPSA) is 63.6 Å². The average Bonchev–Trinajstić information content (AvgIpc) is 2.63. The van der Waals surface area contributed by atoms with Crippen molar-refractivity contribution in [3.63, 3.8) is 0 Å². The van der Waals surface area contributed by atoms with E-state index in [9.17, 15) is 5.11 Å². The van der Waals surface area contributed by atoms with Gasteiger partial charge in [-0.25, -0.2) is 4.98 Å². The Kier molecular flexibility index (Phi) is 8.07. The van der Waals surface area contributed by atoms with Crippen molar-refractivity contribution in [3.05, 3.63) is 53.7 Å². The number of pyridine rings is 1. The Bertz CT molecular complexity index is 682. The van der Waals surface area contributed by atoms with Crippen molar-refractivity contribution in [2.75, 3.05) is 25.1 Å². The van der Waals surface area contributed by atoms with E-state index in [0.29, 0.717) is 37.1 Å². The van der Waals surface area contributed by atoms with Gasteiger partial charge in [0, 0.05) is 30.8 Å². The van der Waals surface area contributed by atoms with Gasteiger partial charge in [0.05, 0.1) is 25.4 Å². The van der Waals surface area contributed by atoms with Crippen LogP contribution in [0.3, 0.4) is 0 Å². The summed E-state index contributed by atoms with van der Waals surface area (Å²) in [5, 5.41) is 13.7. The summed E-state index contributed by atoms with van der Waals surface area (Å²) in [5.74, 6) is 1.94. The van der Waals surface area contributed by atoms with Gasteiger partial charge in [-0.2, -0.15) is 0 Å². The van der Waals surface area contributed by atoms with E-state index >= 15 is 0 Å². The van der Waals surface area contributed by atoms with E-state index in [0.717, 1.165) is 24.3 Å². The van der Waals surface area contributed by atoms with Crippen LogP contribution in [0.15, 0.2) is 42.6 Å². The van der Waals surface area contributed by atoms with Crippen LogP contribution in [0, 0.1) is 5.92 Å². The molecule has 0 fully saturated rings. The zero-order valence-electron chi connectivity index (χ0n) is 16.9. The molecule has 2 N–H and O–H groups in total. The summed E-state index contributed by atoms with van der Waals surface area (Å²) in [5.41, 5.74) is 0.837. The van der Waals surface area contributed by atoms with Crippen molar-refractivity contribution in [2.24, 2.45) is 5.92 Å². The molecule has 0 aliphatic heterocycles. The van der Waals surface area contributed by atoms with Gasteiger partial charge >= 0.3 is 0 Å². The SMILES string of the molecule is CC(C)CNc1cc(OCCCOCc2ccccc2)c(C(C)(C)O)cn1. The summed E-state index contributed by atoms with van der Waals surface area (Å²) in [6.07, 6.45) is 2.46. The number of hydrogen-bond donors (Lipinski definition) is 2. The Hall–Kier alpha value is -2.11. The molecule has 0 aliphatic rings. The molecule has 0 saturated carbocycles. The molecule has 1 heterocycles. The Morgan fingerprint density at radius 2 is 1.89 bits per heavy atom. The molecule has 0 saturated heterocycles. The van der Waals surface area contributed by atoms with E-state index in [1.807, 2.05) is 24.3 Å². The van der Waals surface area contributed by atoms with Gasteiger partial charge < -0.3 is 19.9 Å². The molecular formula is C22H32N2O3. The smallest absolute Gasteiger partial charge is 0.130 e. The van der Waals surface area contributed by atoms with Crippen LogP contribution in [-0.2, 0) is 16.9 Å². The predicted octanol–water partition coefficient (Wildman–Crippen LogP) is 4.36. The molecule has 0 amide bonds. The maximum atomic E-state index is 10.4. The second-order valence-corrected chi connectivity index (χ2v) is 7.64. The van der Waals surface area contributed by atoms with Crippen molar-refractivity contribution in [1.82, 2.24) is 4.98 Å². The van der Waals surface area contributed by atoms with Crippen LogP contribution < -0.4 is 10.1 Å². The molecule has 0 atom stereocenters. The average molecular weight is 373 g/mol. The van der Waals surface area contributed by atoms with E-state index in [1.165, 1.54) is 0 Å². The molecular weight excluding hydrogens is 340 g/mol. The minimum Gasteiger partial charge on any atom is -0.493 e. The molecule has 0 aliphatic carbocycles. The van der Waals surface area contributed by atoms with Crippen molar-refractivity contribution >= 4 is 5.82 Å². The number of rotatable bonds is 11. The first-order chi connectivity index (χ1) is 12.9. The number of nitrogens with zero attached hydrogens (tertiary/aromatic N) is 1. The second-order valence-electron chi connectivity index (χ2n) is 7.64. The summed E-state index contributed by atoms with van der Waals surface area (Å²) in [6, 6.07) is 12.0. The zero-order valence-corrected chi connectivity index (χ0v) is 16.9. The van der Waals surface area contributed by atoms with Crippen molar-refractivity contribution in [3.8, 4) is 5.75 Å². The third-order valence-corrected chi connectivity index (χ3v) is 4.02. The van der Waals surface area contributed by atoms with Crippen molar-refractivity contribution < 1.29 is 14.6 Å². The van der Waals surface area contributed by atoms with Gasteiger partial charge in [0.2, 0.25) is 0 Å². The number of ether oxygens (including phenoxy) is 2. The molecule has 0 unspecified atom stereocenters. The van der Waals surface area contributed by atoms with E-state index in [1.54, 1.807) is 20.0 Å². The fourth-order valence-corrected chi connectivity index (χ4v) is 2.53. The van der Waals surface area contributed by atoms with Crippen LogP contribution in [0.2, 0.25) is 0 Å². The van der Waals surface area contributed by atoms with Gasteiger partial charge in [0.25, 0.3) is 0 Å². The highest BCUT2D eigenvalue weighted by atomic mass is 16.5. The zero-order chi connectivity index (χ0) is 19.7. The number of aliphatic hydroxyl groups is 1. The van der Waals surface area contributed by atoms with Crippen molar-refractivity contribution in [1.29, 1.82) is 0 Å². The lowest BCUT2D eigenvalue weighted by Gasteiger charge is -2.22. The fourth-order valence-electron chi connectivity index (χ4n) is 2.53. The number of hydrogen-bond acceptors (Lipinski definition) is 5. The fraction of sp³-hybridized carbons (Fsp3) is 0.500. The standard InChI is InChI=1S/C22H32N2O3/c1-17(2)14-23-21-13-20(19(15-24-21)22(3,4)25)27-12-8-11-26-16-18-9-6-5-7-10-18/h5-7,9-10,13,15,17,25H,8,11-12,14,16H2,1-4H3,(H,23,24). The second kappa shape index (κ2) is 10.3. The highest BCUT2D eigenvalue weighted by Gasteiger charge is 2.22. The largest absolute Gasteiger partial charge is 0.493 e. The maximum Gasteiger partial charge on any atom is 0.130 e. The van der Waals surface area contributed by atoms with Crippen molar-refractivity contribution in [2.45, 2.75) is 46.3 Å². The third-order valence-electron chi connectivity index (χ3n) is 4.02. The molecule has 0 radical (unpaired) electrons. The minimum atomic E-state index is -1.01. The summed E-state index contributed by atoms with van der Waals surface area (Å²) >= 11 is 0. The molecule has 148 valence electrons. The highest BCUT2D eigenvalue weighted by molar-refractivity contribution is 5.47. The molecule has 1 aromatic carbocycles. The Balaban J connectivity index is 1.86. The summed E-state index contributed by atoms with van der Waals surface area (Å²) in [6.45, 7) is 10.3. The maximum absolute atomic E-state index is 10.4. The van der Waals surface area contributed by atoms with Crippen LogP contribution in [0.5, 0.6) is 5.75 Å². The number of anilines is 1. The predicted molar refractivity (Wildman–Crippen MR) is 109 cm³/mol. The first-order valence-electron chi connectivity index (χ1n) is 9.57. The van der Waals surface area contributed by atoms with Crippen LogP contribution in [0.25, 0.3) is 0 Å². The van der Waals surface area contributed by atoms with Gasteiger partial charge in [-0.05, 0) is 25.3 Å². The summed E-state index contributed by atoms with van der Waals surface area (Å²) in [7, 11) is 0. The lowest BCUT2D eigenvalue weighted by molar-refractivity contribution is 0.0728. The van der Waals surface area contributed by atoms with E-state index < -0.39 is 5.60 Å². The molecule has 0 bridgehead atoms. The van der Waals surface area contributed by atoms with Crippen LogP contribution in [-0.4, -0.2) is 29.8 Å². The molecule has 27 heavy (non-hydrogen) atoms. The number of nitrogens with one attached hydrogen (secondary N) is 1. The van der Waals surface area contributed by atoms with E-state index in [2.05, 4.69) is 36.3 Å². The first kappa shape index (κ1) is 21.2. The van der Waals surface area contributed by atoms with Gasteiger partial charge in [0.1, 0.15) is 11.6 Å². The molecule has 5 heteroatoms.